The van der Waals surface area contributed by atoms with E-state index in [0.29, 0.717) is 22.5 Å². The summed E-state index contributed by atoms with van der Waals surface area (Å²) in [6, 6.07) is 8.43. The van der Waals surface area contributed by atoms with E-state index in [-0.39, 0.29) is 49.2 Å². The third-order valence-electron chi connectivity index (χ3n) is 6.57. The standard InChI is InChI=1S/C24H23F3N6O2/c1-32-8-5-23(6-9-32,24(25,26)27)35-20-14-29-17(13-28)11-19(20)16-4-7-33-18(10-16)12-21(31-33)30-22(34)15-2-3-15/h4,7,10-12,14-15H,2-3,5-6,8-9H2,1H3,(H,30,31,34). The van der Waals surface area contributed by atoms with Gasteiger partial charge in [0.05, 0.1) is 11.7 Å². The van der Waals surface area contributed by atoms with Gasteiger partial charge in [-0.3, -0.25) is 4.79 Å². The number of likely N-dealkylation sites (tertiary alicyclic amines) is 1. The zero-order valence-electron chi connectivity index (χ0n) is 19.0. The first-order valence-electron chi connectivity index (χ1n) is 11.3. The number of nitriles is 1. The maximum atomic E-state index is 14.2. The quantitative estimate of drug-likeness (QED) is 0.588. The van der Waals surface area contributed by atoms with Crippen molar-refractivity contribution in [1.82, 2.24) is 19.5 Å². The van der Waals surface area contributed by atoms with E-state index in [0.717, 1.165) is 12.8 Å². The lowest BCUT2D eigenvalue weighted by molar-refractivity contribution is -0.260. The van der Waals surface area contributed by atoms with Crippen LogP contribution in [-0.2, 0) is 4.79 Å². The molecule has 3 aromatic heterocycles. The minimum Gasteiger partial charge on any atom is -0.475 e. The molecule has 0 atom stereocenters. The Kier molecular flexibility index (Phi) is 5.63. The van der Waals surface area contributed by atoms with E-state index in [1.165, 1.54) is 12.3 Å². The predicted octanol–water partition coefficient (Wildman–Crippen LogP) is 4.02. The molecule has 0 radical (unpaired) electrons. The Morgan fingerprint density at radius 2 is 2.00 bits per heavy atom. The van der Waals surface area contributed by atoms with Crippen LogP contribution in [0.25, 0.3) is 16.6 Å². The average Bonchev–Trinajstić information content (AvgIpc) is 3.60. The summed E-state index contributed by atoms with van der Waals surface area (Å²) in [5.74, 6) is 0.298. The second-order valence-electron chi connectivity index (χ2n) is 9.15. The van der Waals surface area contributed by atoms with Gasteiger partial charge in [-0.25, -0.2) is 9.50 Å². The number of fused-ring (bicyclic) bond motifs is 1. The van der Waals surface area contributed by atoms with Crippen LogP contribution >= 0.6 is 0 Å². The molecule has 5 rings (SSSR count). The molecule has 8 nitrogen and oxygen atoms in total. The van der Waals surface area contributed by atoms with Gasteiger partial charge in [0.15, 0.2) is 5.82 Å². The fourth-order valence-corrected chi connectivity index (χ4v) is 4.24. The van der Waals surface area contributed by atoms with Gasteiger partial charge < -0.3 is 15.0 Å². The molecule has 0 unspecified atom stereocenters. The summed E-state index contributed by atoms with van der Waals surface area (Å²) in [5, 5.41) is 16.5. The molecule has 1 saturated heterocycles. The summed E-state index contributed by atoms with van der Waals surface area (Å²) in [6.45, 7) is 0.491. The Morgan fingerprint density at radius 3 is 2.66 bits per heavy atom. The number of carbonyl (C=O) groups excluding carboxylic acids is 1. The van der Waals surface area contributed by atoms with E-state index in [9.17, 15) is 23.2 Å². The Labute approximate surface area is 199 Å². The molecule has 0 bridgehead atoms. The Morgan fingerprint density at radius 1 is 1.26 bits per heavy atom. The van der Waals surface area contributed by atoms with Crippen molar-refractivity contribution in [3.8, 4) is 22.9 Å². The summed E-state index contributed by atoms with van der Waals surface area (Å²) >= 11 is 0. The van der Waals surface area contributed by atoms with Gasteiger partial charge in [-0.05, 0) is 43.7 Å². The number of pyridine rings is 2. The maximum absolute atomic E-state index is 14.2. The van der Waals surface area contributed by atoms with Crippen LogP contribution in [0.2, 0.25) is 0 Å². The number of anilines is 1. The summed E-state index contributed by atoms with van der Waals surface area (Å²) in [5.41, 5.74) is -0.796. The minimum atomic E-state index is -4.58. The molecule has 11 heteroatoms. The van der Waals surface area contributed by atoms with Crippen LogP contribution in [0.3, 0.4) is 0 Å². The average molecular weight is 484 g/mol. The first-order valence-corrected chi connectivity index (χ1v) is 11.3. The van der Waals surface area contributed by atoms with E-state index in [1.807, 2.05) is 11.0 Å². The Hall–Kier alpha value is -3.65. The predicted molar refractivity (Wildman–Crippen MR) is 121 cm³/mol. The van der Waals surface area contributed by atoms with Gasteiger partial charge in [0, 0.05) is 49.7 Å². The molecule has 0 spiro atoms. The number of nitrogens with one attached hydrogen (secondary N) is 1. The van der Waals surface area contributed by atoms with Crippen molar-refractivity contribution in [2.75, 3.05) is 25.5 Å². The van der Waals surface area contributed by atoms with Crippen LogP contribution in [0.4, 0.5) is 19.0 Å². The zero-order chi connectivity index (χ0) is 24.8. The number of piperidine rings is 1. The van der Waals surface area contributed by atoms with Gasteiger partial charge in [0.2, 0.25) is 11.5 Å². The summed E-state index contributed by atoms with van der Waals surface area (Å²) in [6.07, 6.45) is -0.444. The molecular weight excluding hydrogens is 461 g/mol. The number of nitrogens with zero attached hydrogens (tertiary/aromatic N) is 5. The van der Waals surface area contributed by atoms with Crippen molar-refractivity contribution in [2.45, 2.75) is 37.5 Å². The lowest BCUT2D eigenvalue weighted by Crippen LogP contribution is -2.56. The molecular formula is C24H23F3N6O2. The molecule has 2 aliphatic rings. The van der Waals surface area contributed by atoms with Crippen LogP contribution in [0.15, 0.2) is 36.7 Å². The van der Waals surface area contributed by atoms with Crippen LogP contribution in [0, 0.1) is 17.2 Å². The highest BCUT2D eigenvalue weighted by Gasteiger charge is 2.58. The third-order valence-corrected chi connectivity index (χ3v) is 6.57. The SMILES string of the molecule is CN1CCC(Oc2cnc(C#N)cc2-c2ccn3nc(NC(=O)C4CC4)cc3c2)(C(F)(F)F)CC1. The molecule has 1 aliphatic heterocycles. The number of aromatic nitrogens is 3. The van der Waals surface area contributed by atoms with E-state index >= 15 is 0 Å². The first kappa shape index (κ1) is 23.1. The topological polar surface area (TPSA) is 95.6 Å². The van der Waals surface area contributed by atoms with Crippen LogP contribution in [0.5, 0.6) is 5.75 Å². The highest BCUT2D eigenvalue weighted by Crippen LogP contribution is 2.44. The molecule has 1 aliphatic carbocycles. The number of hydrogen-bond acceptors (Lipinski definition) is 6. The van der Waals surface area contributed by atoms with Crippen molar-refractivity contribution in [3.63, 3.8) is 0 Å². The minimum absolute atomic E-state index is 0.0248. The summed E-state index contributed by atoms with van der Waals surface area (Å²) in [4.78, 5) is 17.9. The van der Waals surface area contributed by atoms with Gasteiger partial charge >= 0.3 is 6.18 Å². The molecule has 1 N–H and O–H groups in total. The number of hydrogen-bond donors (Lipinski definition) is 1. The number of rotatable bonds is 5. The molecule has 4 heterocycles. The monoisotopic (exact) mass is 484 g/mol. The second-order valence-corrected chi connectivity index (χ2v) is 9.15. The molecule has 0 aromatic carbocycles. The van der Waals surface area contributed by atoms with E-state index in [4.69, 9.17) is 4.74 Å². The highest BCUT2D eigenvalue weighted by atomic mass is 19.4. The molecule has 182 valence electrons. The molecule has 1 saturated carbocycles. The largest absolute Gasteiger partial charge is 0.475 e. The maximum Gasteiger partial charge on any atom is 0.428 e. The van der Waals surface area contributed by atoms with E-state index in [1.54, 1.807) is 36.0 Å². The van der Waals surface area contributed by atoms with Crippen LogP contribution in [-0.4, -0.2) is 57.3 Å². The zero-order valence-corrected chi connectivity index (χ0v) is 19.0. The van der Waals surface area contributed by atoms with Crippen molar-refractivity contribution < 1.29 is 22.7 Å². The smallest absolute Gasteiger partial charge is 0.428 e. The fourth-order valence-electron chi connectivity index (χ4n) is 4.24. The molecule has 35 heavy (non-hydrogen) atoms. The number of halogens is 3. The number of ether oxygens (including phenoxy) is 1. The van der Waals surface area contributed by atoms with Gasteiger partial charge in [0.1, 0.15) is 17.5 Å². The first-order chi connectivity index (χ1) is 16.7. The van der Waals surface area contributed by atoms with Crippen molar-refractivity contribution in [1.29, 1.82) is 5.26 Å². The van der Waals surface area contributed by atoms with Gasteiger partial charge in [-0.2, -0.15) is 23.5 Å². The third kappa shape index (κ3) is 4.53. The van der Waals surface area contributed by atoms with Crippen molar-refractivity contribution in [2.24, 2.45) is 5.92 Å². The van der Waals surface area contributed by atoms with E-state index in [2.05, 4.69) is 15.4 Å². The second kappa shape index (κ2) is 8.53. The number of alkyl halides is 3. The normalized spacial score (nSPS) is 18.3. The van der Waals surface area contributed by atoms with E-state index < -0.39 is 11.8 Å². The number of amides is 1. The Balaban J connectivity index is 1.51. The van der Waals surface area contributed by atoms with Crippen LogP contribution < -0.4 is 10.1 Å². The number of carbonyl (C=O) groups is 1. The summed E-state index contributed by atoms with van der Waals surface area (Å²) in [7, 11) is 1.77. The molecule has 1 amide bonds. The Bertz CT molecular complexity index is 1320. The highest BCUT2D eigenvalue weighted by molar-refractivity contribution is 5.93. The summed E-state index contributed by atoms with van der Waals surface area (Å²) < 4.78 is 49.9. The lowest BCUT2D eigenvalue weighted by atomic mass is 9.90. The molecule has 3 aromatic rings. The van der Waals surface area contributed by atoms with Gasteiger partial charge in [0.25, 0.3) is 0 Å². The molecule has 2 fully saturated rings. The van der Waals surface area contributed by atoms with Crippen molar-refractivity contribution in [3.05, 3.63) is 42.4 Å². The van der Waals surface area contributed by atoms with Crippen molar-refractivity contribution >= 4 is 17.2 Å². The lowest BCUT2D eigenvalue weighted by Gasteiger charge is -2.41. The van der Waals surface area contributed by atoms with Gasteiger partial charge in [-0.1, -0.05) is 0 Å². The van der Waals surface area contributed by atoms with Crippen LogP contribution in [0.1, 0.15) is 31.4 Å². The fraction of sp³-hybridized carbons (Fsp3) is 0.417. The van der Waals surface area contributed by atoms with Gasteiger partial charge in [-0.15, -0.1) is 0 Å².